The molecule has 2 aromatic rings. The smallest absolute Gasteiger partial charge is 0.262 e. The summed E-state index contributed by atoms with van der Waals surface area (Å²) in [7, 11) is -0.0200. The van der Waals surface area contributed by atoms with Crippen LogP contribution in [0.4, 0.5) is 5.69 Å². The van der Waals surface area contributed by atoms with Crippen molar-refractivity contribution in [3.05, 3.63) is 54.1 Å². The molecule has 32 heavy (non-hydrogen) atoms. The Morgan fingerprint density at radius 3 is 2.50 bits per heavy atom. The van der Waals surface area contributed by atoms with Crippen molar-refractivity contribution in [2.45, 2.75) is 30.9 Å². The maximum atomic E-state index is 13.4. The number of nitrogens with one attached hydrogen (secondary N) is 1. The average Bonchev–Trinajstić information content (AvgIpc) is 2.76. The molecule has 8 nitrogen and oxygen atoms in total. The van der Waals surface area contributed by atoms with Gasteiger partial charge in [0.15, 0.2) is 5.75 Å². The number of anilines is 1. The number of rotatable bonds is 7. The minimum atomic E-state index is -3.88. The molecule has 0 radical (unpaired) electrons. The summed E-state index contributed by atoms with van der Waals surface area (Å²) in [6.07, 6.45) is -0.298. The zero-order chi connectivity index (χ0) is 23.5. The predicted molar refractivity (Wildman–Crippen MR) is 123 cm³/mol. The van der Waals surface area contributed by atoms with Crippen molar-refractivity contribution in [1.82, 2.24) is 9.80 Å². The first-order chi connectivity index (χ1) is 15.1. The Bertz CT molecular complexity index is 1040. The van der Waals surface area contributed by atoms with Gasteiger partial charge in [-0.15, -0.1) is 0 Å². The summed E-state index contributed by atoms with van der Waals surface area (Å²) >= 11 is 0. The van der Waals surface area contributed by atoms with Crippen LogP contribution in [0.2, 0.25) is 0 Å². The van der Waals surface area contributed by atoms with E-state index in [1.165, 1.54) is 12.1 Å². The summed E-state index contributed by atoms with van der Waals surface area (Å²) < 4.78 is 34.8. The van der Waals surface area contributed by atoms with Crippen molar-refractivity contribution in [3.63, 3.8) is 0 Å². The molecule has 9 heteroatoms. The van der Waals surface area contributed by atoms with E-state index in [-0.39, 0.29) is 52.5 Å². The number of carbonyl (C=O) groups is 1. The van der Waals surface area contributed by atoms with Crippen LogP contribution in [-0.4, -0.2) is 75.2 Å². The van der Waals surface area contributed by atoms with Crippen LogP contribution in [-0.2, 0) is 10.0 Å². The molecule has 0 saturated carbocycles. The van der Waals surface area contributed by atoms with Crippen molar-refractivity contribution in [1.29, 1.82) is 0 Å². The third-order valence-electron chi connectivity index (χ3n) is 5.53. The lowest BCUT2D eigenvalue weighted by Crippen LogP contribution is -2.49. The van der Waals surface area contributed by atoms with Crippen LogP contribution in [0, 0.1) is 5.92 Å². The molecule has 174 valence electrons. The highest BCUT2D eigenvalue weighted by atomic mass is 32.2. The number of fused-ring (bicyclic) bond motifs is 1. The average molecular weight is 462 g/mol. The Labute approximate surface area is 189 Å². The van der Waals surface area contributed by atoms with Crippen LogP contribution in [0.3, 0.4) is 0 Å². The van der Waals surface area contributed by atoms with Gasteiger partial charge in [-0.05, 0) is 45.3 Å². The highest BCUT2D eigenvalue weighted by molar-refractivity contribution is 7.92. The zero-order valence-corrected chi connectivity index (χ0v) is 19.7. The van der Waals surface area contributed by atoms with Crippen LogP contribution in [0.15, 0.2) is 53.4 Å². The molecular weight excluding hydrogens is 430 g/mol. The number of ether oxygens (including phenoxy) is 1. The van der Waals surface area contributed by atoms with Gasteiger partial charge in [-0.3, -0.25) is 9.52 Å². The quantitative estimate of drug-likeness (QED) is 0.656. The molecule has 0 aromatic heterocycles. The SMILES string of the molecule is C[C@@H]1CN([C@H](C)CO)C(=O)c2cccc(NS(=O)(=O)c3ccccc3)c2O[C@@H]1CN(C)C. The van der Waals surface area contributed by atoms with E-state index in [4.69, 9.17) is 4.74 Å². The van der Waals surface area contributed by atoms with E-state index in [0.29, 0.717) is 13.1 Å². The molecule has 1 aliphatic heterocycles. The zero-order valence-electron chi connectivity index (χ0n) is 18.9. The van der Waals surface area contributed by atoms with Crippen molar-refractivity contribution in [2.75, 3.05) is 38.5 Å². The van der Waals surface area contributed by atoms with Gasteiger partial charge >= 0.3 is 0 Å². The second-order valence-electron chi connectivity index (χ2n) is 8.49. The summed E-state index contributed by atoms with van der Waals surface area (Å²) in [5.74, 6) is -0.162. The number of nitrogens with zero attached hydrogens (tertiary/aromatic N) is 2. The molecule has 1 amide bonds. The van der Waals surface area contributed by atoms with E-state index >= 15 is 0 Å². The fourth-order valence-corrected chi connectivity index (χ4v) is 4.79. The molecule has 0 bridgehead atoms. The van der Waals surface area contributed by atoms with Gasteiger partial charge in [0.05, 0.1) is 28.8 Å². The number of aliphatic hydroxyl groups is 1. The van der Waals surface area contributed by atoms with Crippen molar-refractivity contribution < 1.29 is 23.1 Å². The van der Waals surface area contributed by atoms with Gasteiger partial charge in [0, 0.05) is 19.0 Å². The van der Waals surface area contributed by atoms with Gasteiger partial charge < -0.3 is 19.6 Å². The number of hydrogen-bond acceptors (Lipinski definition) is 6. The second-order valence-corrected chi connectivity index (χ2v) is 10.2. The van der Waals surface area contributed by atoms with Gasteiger partial charge in [-0.1, -0.05) is 31.2 Å². The molecular formula is C23H31N3O5S. The highest BCUT2D eigenvalue weighted by Gasteiger charge is 2.34. The maximum absolute atomic E-state index is 13.4. The van der Waals surface area contributed by atoms with Gasteiger partial charge in [0.1, 0.15) is 6.10 Å². The molecule has 3 atom stereocenters. The minimum Gasteiger partial charge on any atom is -0.486 e. The number of para-hydroxylation sites is 1. The molecule has 3 rings (SSSR count). The summed E-state index contributed by atoms with van der Waals surface area (Å²) in [6, 6.07) is 12.5. The molecule has 0 saturated heterocycles. The van der Waals surface area contributed by atoms with Crippen molar-refractivity contribution in [2.24, 2.45) is 5.92 Å². The fourth-order valence-electron chi connectivity index (χ4n) is 3.70. The number of carbonyl (C=O) groups excluding carboxylic acids is 1. The number of sulfonamides is 1. The lowest BCUT2D eigenvalue weighted by Gasteiger charge is -2.38. The molecule has 0 fully saturated rings. The van der Waals surface area contributed by atoms with Crippen LogP contribution in [0.25, 0.3) is 0 Å². The summed E-state index contributed by atoms with van der Waals surface area (Å²) in [6.45, 7) is 4.59. The number of benzene rings is 2. The lowest BCUT2D eigenvalue weighted by atomic mass is 9.99. The third kappa shape index (κ3) is 5.23. The monoisotopic (exact) mass is 461 g/mol. The van der Waals surface area contributed by atoms with Crippen molar-refractivity contribution >= 4 is 21.6 Å². The van der Waals surface area contributed by atoms with E-state index in [1.807, 2.05) is 25.9 Å². The van der Waals surface area contributed by atoms with E-state index < -0.39 is 10.0 Å². The highest BCUT2D eigenvalue weighted by Crippen LogP contribution is 2.36. The molecule has 0 unspecified atom stereocenters. The first-order valence-corrected chi connectivity index (χ1v) is 12.1. The fraction of sp³-hybridized carbons (Fsp3) is 0.435. The van der Waals surface area contributed by atoms with E-state index in [2.05, 4.69) is 4.72 Å². The minimum absolute atomic E-state index is 0.0534. The largest absolute Gasteiger partial charge is 0.486 e. The standard InChI is InChI=1S/C23H31N3O5S/c1-16-13-26(17(2)15-27)23(28)19-11-8-12-20(22(19)31-21(16)14-25(3)4)24-32(29,30)18-9-6-5-7-10-18/h5-12,16-17,21,24,27H,13-15H2,1-4H3/t16-,17-,21-/m1/s1. The number of aliphatic hydroxyl groups excluding tert-OH is 1. The second kappa shape index (κ2) is 9.89. The van der Waals surface area contributed by atoms with Gasteiger partial charge in [-0.2, -0.15) is 0 Å². The van der Waals surface area contributed by atoms with Crippen LogP contribution >= 0.6 is 0 Å². The van der Waals surface area contributed by atoms with Gasteiger partial charge in [-0.25, -0.2) is 8.42 Å². The van der Waals surface area contributed by atoms with Crippen LogP contribution in [0.1, 0.15) is 24.2 Å². The normalized spacial score (nSPS) is 20.2. The number of likely N-dealkylation sites (N-methyl/N-ethyl adjacent to an activating group) is 1. The Kier molecular flexibility index (Phi) is 7.43. The predicted octanol–water partition coefficient (Wildman–Crippen LogP) is 2.27. The summed E-state index contributed by atoms with van der Waals surface area (Å²) in [4.78, 5) is 17.1. The molecule has 1 heterocycles. The molecule has 2 N–H and O–H groups in total. The van der Waals surface area contributed by atoms with Gasteiger partial charge in [0.25, 0.3) is 15.9 Å². The molecule has 0 aliphatic carbocycles. The maximum Gasteiger partial charge on any atom is 0.262 e. The number of hydrogen-bond donors (Lipinski definition) is 2. The third-order valence-corrected chi connectivity index (χ3v) is 6.92. The van der Waals surface area contributed by atoms with E-state index in [0.717, 1.165) is 0 Å². The first-order valence-electron chi connectivity index (χ1n) is 10.6. The summed E-state index contributed by atoms with van der Waals surface area (Å²) in [5, 5.41) is 9.72. The Morgan fingerprint density at radius 2 is 1.88 bits per heavy atom. The molecule has 2 aromatic carbocycles. The Balaban J connectivity index is 2.09. The van der Waals surface area contributed by atoms with E-state index in [1.54, 1.807) is 48.2 Å². The first kappa shape index (κ1) is 24.0. The number of amides is 1. The van der Waals surface area contributed by atoms with E-state index in [9.17, 15) is 18.3 Å². The van der Waals surface area contributed by atoms with Crippen LogP contribution in [0.5, 0.6) is 5.75 Å². The molecule has 0 spiro atoms. The topological polar surface area (TPSA) is 99.2 Å². The summed E-state index contributed by atoms with van der Waals surface area (Å²) in [5.41, 5.74) is 0.461. The van der Waals surface area contributed by atoms with Gasteiger partial charge in [0.2, 0.25) is 0 Å². The van der Waals surface area contributed by atoms with Crippen LogP contribution < -0.4 is 9.46 Å². The Hall–Kier alpha value is -2.62. The molecule has 1 aliphatic rings. The Morgan fingerprint density at radius 1 is 1.19 bits per heavy atom. The van der Waals surface area contributed by atoms with Crippen molar-refractivity contribution in [3.8, 4) is 5.75 Å². The lowest BCUT2D eigenvalue weighted by molar-refractivity contribution is 0.0366.